The van der Waals surface area contributed by atoms with Crippen molar-refractivity contribution in [2.75, 3.05) is 5.32 Å². The van der Waals surface area contributed by atoms with E-state index in [1.165, 1.54) is 6.08 Å². The molecule has 2 N–H and O–H groups in total. The summed E-state index contributed by atoms with van der Waals surface area (Å²) in [6, 6.07) is 15.2. The molecule has 1 aliphatic carbocycles. The Kier molecular flexibility index (Phi) is 4.75. The Bertz CT molecular complexity index is 792. The first kappa shape index (κ1) is 16.0. The highest BCUT2D eigenvalue weighted by atomic mass is 16.2. The van der Waals surface area contributed by atoms with E-state index in [-0.39, 0.29) is 11.8 Å². The van der Waals surface area contributed by atoms with Crippen molar-refractivity contribution in [1.29, 1.82) is 0 Å². The summed E-state index contributed by atoms with van der Waals surface area (Å²) in [6.45, 7) is 2.01. The molecule has 4 nitrogen and oxygen atoms in total. The van der Waals surface area contributed by atoms with Crippen molar-refractivity contribution in [3.05, 3.63) is 71.3 Å². The van der Waals surface area contributed by atoms with Crippen LogP contribution in [0.4, 0.5) is 5.69 Å². The van der Waals surface area contributed by atoms with Gasteiger partial charge in [0.15, 0.2) is 0 Å². The number of carbonyl (C=O) groups is 2. The first-order valence-corrected chi connectivity index (χ1v) is 8.07. The van der Waals surface area contributed by atoms with Gasteiger partial charge in [-0.2, -0.15) is 0 Å². The number of hydrogen-bond donors (Lipinski definition) is 2. The van der Waals surface area contributed by atoms with Gasteiger partial charge in [-0.1, -0.05) is 35.9 Å². The Morgan fingerprint density at radius 3 is 2.62 bits per heavy atom. The average Bonchev–Trinajstić information content (AvgIpc) is 3.37. The highest BCUT2D eigenvalue weighted by Gasteiger charge is 2.23. The zero-order valence-electron chi connectivity index (χ0n) is 13.6. The summed E-state index contributed by atoms with van der Waals surface area (Å²) in [5.41, 5.74) is 3.29. The maximum atomic E-state index is 12.0. The van der Waals surface area contributed by atoms with Gasteiger partial charge < -0.3 is 10.6 Å². The van der Waals surface area contributed by atoms with Gasteiger partial charge in [-0.15, -0.1) is 0 Å². The molecule has 4 heteroatoms. The Morgan fingerprint density at radius 2 is 1.88 bits per heavy atom. The van der Waals surface area contributed by atoms with Crippen LogP contribution in [0.15, 0.2) is 54.6 Å². The van der Waals surface area contributed by atoms with E-state index in [2.05, 4.69) is 10.6 Å². The molecule has 0 unspecified atom stereocenters. The van der Waals surface area contributed by atoms with E-state index in [1.807, 2.05) is 31.2 Å². The van der Waals surface area contributed by atoms with Crippen molar-refractivity contribution in [1.82, 2.24) is 5.32 Å². The molecule has 3 rings (SSSR count). The molecule has 1 fully saturated rings. The van der Waals surface area contributed by atoms with E-state index in [1.54, 1.807) is 30.3 Å². The highest BCUT2D eigenvalue weighted by Crippen LogP contribution is 2.20. The summed E-state index contributed by atoms with van der Waals surface area (Å²) in [5.74, 6) is -0.319. The van der Waals surface area contributed by atoms with Crippen LogP contribution < -0.4 is 10.6 Å². The molecule has 0 spiro atoms. The van der Waals surface area contributed by atoms with Crippen LogP contribution in [0.5, 0.6) is 0 Å². The minimum Gasteiger partial charge on any atom is -0.349 e. The number of rotatable bonds is 5. The molecule has 2 aromatic carbocycles. The zero-order chi connectivity index (χ0) is 16.9. The largest absolute Gasteiger partial charge is 0.349 e. The van der Waals surface area contributed by atoms with Crippen LogP contribution in [-0.4, -0.2) is 17.9 Å². The van der Waals surface area contributed by atoms with Gasteiger partial charge in [-0.3, -0.25) is 9.59 Å². The molecule has 122 valence electrons. The molecule has 0 aliphatic heterocycles. The fourth-order valence-electron chi connectivity index (χ4n) is 2.36. The predicted molar refractivity (Wildman–Crippen MR) is 95.8 cm³/mol. The highest BCUT2D eigenvalue weighted by molar-refractivity contribution is 6.03. The maximum Gasteiger partial charge on any atom is 0.251 e. The second-order valence-electron chi connectivity index (χ2n) is 6.07. The van der Waals surface area contributed by atoms with Crippen LogP contribution in [0.1, 0.15) is 34.3 Å². The van der Waals surface area contributed by atoms with E-state index >= 15 is 0 Å². The molecule has 1 aliphatic rings. The number of nitrogens with one attached hydrogen (secondary N) is 2. The average molecular weight is 320 g/mol. The molecule has 0 radical (unpaired) electrons. The molecular formula is C20H20N2O2. The standard InChI is InChI=1S/C20H20N2O2/c1-14-4-2-5-15(12-14)8-11-19(23)21-18-7-3-6-16(13-18)20(24)22-17-9-10-17/h2-8,11-13,17H,9-10H2,1H3,(H,21,23)(H,22,24)/b11-8+. The first-order valence-electron chi connectivity index (χ1n) is 8.07. The smallest absolute Gasteiger partial charge is 0.251 e. The van der Waals surface area contributed by atoms with Crippen molar-refractivity contribution >= 4 is 23.6 Å². The molecule has 2 aromatic rings. The van der Waals surface area contributed by atoms with Crippen molar-refractivity contribution in [2.24, 2.45) is 0 Å². The van der Waals surface area contributed by atoms with E-state index in [4.69, 9.17) is 0 Å². The third kappa shape index (κ3) is 4.56. The van der Waals surface area contributed by atoms with Gasteiger partial charge in [0.25, 0.3) is 5.91 Å². The SMILES string of the molecule is Cc1cccc(/C=C/C(=O)Nc2cccc(C(=O)NC3CC3)c2)c1. The number of carbonyl (C=O) groups excluding carboxylic acids is 2. The number of aryl methyl sites for hydroxylation is 1. The molecule has 0 aromatic heterocycles. The maximum absolute atomic E-state index is 12.0. The summed E-state index contributed by atoms with van der Waals surface area (Å²) in [4.78, 5) is 24.1. The lowest BCUT2D eigenvalue weighted by molar-refractivity contribution is -0.111. The quantitative estimate of drug-likeness (QED) is 0.828. The van der Waals surface area contributed by atoms with Gasteiger partial charge in [0.1, 0.15) is 0 Å². The van der Waals surface area contributed by atoms with Crippen molar-refractivity contribution in [2.45, 2.75) is 25.8 Å². The molecule has 0 atom stereocenters. The Hall–Kier alpha value is -2.88. The third-order valence-electron chi connectivity index (χ3n) is 3.77. The van der Waals surface area contributed by atoms with Crippen LogP contribution in [0.2, 0.25) is 0 Å². The van der Waals surface area contributed by atoms with E-state index in [9.17, 15) is 9.59 Å². The normalized spacial score (nSPS) is 13.7. The molecular weight excluding hydrogens is 300 g/mol. The van der Waals surface area contributed by atoms with Gasteiger partial charge in [0.05, 0.1) is 0 Å². The first-order chi connectivity index (χ1) is 11.6. The minimum atomic E-state index is -0.226. The molecule has 1 saturated carbocycles. The van der Waals surface area contributed by atoms with Crippen molar-refractivity contribution in [3.8, 4) is 0 Å². The Balaban J connectivity index is 1.62. The predicted octanol–water partition coefficient (Wildman–Crippen LogP) is 3.54. The summed E-state index contributed by atoms with van der Waals surface area (Å²) in [7, 11) is 0. The Labute approximate surface area is 141 Å². The summed E-state index contributed by atoms with van der Waals surface area (Å²) in [5, 5.41) is 5.72. The van der Waals surface area contributed by atoms with Crippen molar-refractivity contribution < 1.29 is 9.59 Å². The van der Waals surface area contributed by atoms with E-state index < -0.39 is 0 Å². The van der Waals surface area contributed by atoms with Crippen molar-refractivity contribution in [3.63, 3.8) is 0 Å². The van der Waals surface area contributed by atoms with Gasteiger partial charge in [0.2, 0.25) is 5.91 Å². The third-order valence-corrected chi connectivity index (χ3v) is 3.77. The molecule has 0 heterocycles. The van der Waals surface area contributed by atoms with E-state index in [0.29, 0.717) is 17.3 Å². The lowest BCUT2D eigenvalue weighted by Crippen LogP contribution is -2.25. The molecule has 24 heavy (non-hydrogen) atoms. The topological polar surface area (TPSA) is 58.2 Å². The van der Waals surface area contributed by atoms with Crippen LogP contribution in [0.25, 0.3) is 6.08 Å². The van der Waals surface area contributed by atoms with Crippen LogP contribution in [0.3, 0.4) is 0 Å². The fraction of sp³-hybridized carbons (Fsp3) is 0.200. The lowest BCUT2D eigenvalue weighted by atomic mass is 10.1. The van der Waals surface area contributed by atoms with Crippen LogP contribution >= 0.6 is 0 Å². The van der Waals surface area contributed by atoms with Gasteiger partial charge in [-0.25, -0.2) is 0 Å². The molecule has 0 saturated heterocycles. The Morgan fingerprint density at radius 1 is 1.08 bits per heavy atom. The summed E-state index contributed by atoms with van der Waals surface area (Å²) < 4.78 is 0. The van der Waals surface area contributed by atoms with Gasteiger partial charge >= 0.3 is 0 Å². The van der Waals surface area contributed by atoms with Crippen LogP contribution in [0, 0.1) is 6.92 Å². The molecule has 0 bridgehead atoms. The minimum absolute atomic E-state index is 0.0936. The number of amides is 2. The summed E-state index contributed by atoms with van der Waals surface area (Å²) in [6.07, 6.45) is 5.36. The van der Waals surface area contributed by atoms with Crippen LogP contribution in [-0.2, 0) is 4.79 Å². The fourth-order valence-corrected chi connectivity index (χ4v) is 2.36. The molecule has 2 amide bonds. The number of hydrogen-bond acceptors (Lipinski definition) is 2. The van der Waals surface area contributed by atoms with Gasteiger partial charge in [0, 0.05) is 23.4 Å². The second-order valence-corrected chi connectivity index (χ2v) is 6.07. The van der Waals surface area contributed by atoms with Gasteiger partial charge in [-0.05, 0) is 49.6 Å². The summed E-state index contributed by atoms with van der Waals surface area (Å²) >= 11 is 0. The zero-order valence-corrected chi connectivity index (χ0v) is 13.6. The number of anilines is 1. The monoisotopic (exact) mass is 320 g/mol. The second kappa shape index (κ2) is 7.13. The lowest BCUT2D eigenvalue weighted by Gasteiger charge is -2.06. The number of benzene rings is 2. The van der Waals surface area contributed by atoms with E-state index in [0.717, 1.165) is 24.0 Å².